The van der Waals surface area contributed by atoms with Crippen LogP contribution in [0.4, 0.5) is 13.2 Å². The predicted molar refractivity (Wildman–Crippen MR) is 60.7 cm³/mol. The first-order chi connectivity index (χ1) is 8.45. The number of rotatable bonds is 3. The van der Waals surface area contributed by atoms with Crippen LogP contribution in [0.2, 0.25) is 5.15 Å². The van der Waals surface area contributed by atoms with Crippen molar-refractivity contribution in [3.63, 3.8) is 0 Å². The molecule has 0 unspecified atom stereocenters. The van der Waals surface area contributed by atoms with Crippen molar-refractivity contribution < 1.29 is 17.9 Å². The molecule has 2 aromatic rings. The molecule has 0 fully saturated rings. The molecule has 0 N–H and O–H groups in total. The minimum Gasteiger partial charge on any atom is -0.472 e. The summed E-state index contributed by atoms with van der Waals surface area (Å²) in [7, 11) is 0. The number of hydrogen-bond acceptors (Lipinski definition) is 4. The van der Waals surface area contributed by atoms with Crippen LogP contribution in [0.1, 0.15) is 10.7 Å². The second-order valence-corrected chi connectivity index (χ2v) is 4.64. The largest absolute Gasteiger partial charge is 0.472 e. The topological polar surface area (TPSA) is 35.0 Å². The molecule has 2 heterocycles. The fourth-order valence-electron chi connectivity index (χ4n) is 1.14. The summed E-state index contributed by atoms with van der Waals surface area (Å²) in [6.45, 7) is 0.141. The van der Waals surface area contributed by atoms with Crippen LogP contribution in [0, 0.1) is 0 Å². The molecule has 0 bridgehead atoms. The lowest BCUT2D eigenvalue weighted by atomic mass is 10.5. The van der Waals surface area contributed by atoms with Crippen LogP contribution in [0.25, 0.3) is 0 Å². The molecule has 0 atom stereocenters. The van der Waals surface area contributed by atoms with Gasteiger partial charge in [-0.05, 0) is 11.4 Å². The van der Waals surface area contributed by atoms with Crippen LogP contribution in [-0.2, 0) is 12.8 Å². The average Bonchev–Trinajstić information content (AvgIpc) is 2.77. The summed E-state index contributed by atoms with van der Waals surface area (Å²) < 4.78 is 42.4. The van der Waals surface area contributed by atoms with Gasteiger partial charge < -0.3 is 4.74 Å². The summed E-state index contributed by atoms with van der Waals surface area (Å²) in [5.74, 6) is -1.51. The van der Waals surface area contributed by atoms with Crippen molar-refractivity contribution in [2.24, 2.45) is 0 Å². The summed E-state index contributed by atoms with van der Waals surface area (Å²) in [6.07, 6.45) is -4.65. The molecule has 96 valence electrons. The Morgan fingerprint density at radius 3 is 2.72 bits per heavy atom. The Hall–Kier alpha value is -1.34. The molecule has 0 aliphatic heterocycles. The standard InChI is InChI=1S/C10H6ClF3N2OS/c11-7-4-8(16-9(15-7)10(12,13)14)17-5-6-2-1-3-18-6/h1-4H,5H2. The third kappa shape index (κ3) is 3.33. The smallest absolute Gasteiger partial charge is 0.451 e. The van der Waals surface area contributed by atoms with E-state index in [9.17, 15) is 13.2 Å². The van der Waals surface area contributed by atoms with Crippen molar-refractivity contribution in [2.45, 2.75) is 12.8 Å². The Bertz CT molecular complexity index is 530. The van der Waals surface area contributed by atoms with Gasteiger partial charge in [-0.1, -0.05) is 17.7 Å². The molecule has 0 saturated carbocycles. The van der Waals surface area contributed by atoms with Crippen molar-refractivity contribution in [3.8, 4) is 5.88 Å². The van der Waals surface area contributed by atoms with Gasteiger partial charge in [0.25, 0.3) is 0 Å². The molecule has 0 aliphatic rings. The number of hydrogen-bond donors (Lipinski definition) is 0. The van der Waals surface area contributed by atoms with E-state index >= 15 is 0 Å². The van der Waals surface area contributed by atoms with Crippen LogP contribution in [0.15, 0.2) is 23.6 Å². The maximum absolute atomic E-state index is 12.4. The van der Waals surface area contributed by atoms with Gasteiger partial charge in [-0.15, -0.1) is 11.3 Å². The maximum Gasteiger partial charge on any atom is 0.451 e. The summed E-state index contributed by atoms with van der Waals surface area (Å²) >= 11 is 6.92. The van der Waals surface area contributed by atoms with Crippen molar-refractivity contribution >= 4 is 22.9 Å². The summed E-state index contributed by atoms with van der Waals surface area (Å²) in [4.78, 5) is 7.24. The van der Waals surface area contributed by atoms with E-state index in [4.69, 9.17) is 16.3 Å². The molecule has 0 radical (unpaired) electrons. The third-order valence-electron chi connectivity index (χ3n) is 1.87. The summed E-state index contributed by atoms with van der Waals surface area (Å²) in [6, 6.07) is 4.76. The number of alkyl halides is 3. The second-order valence-electron chi connectivity index (χ2n) is 3.22. The zero-order chi connectivity index (χ0) is 13.2. The van der Waals surface area contributed by atoms with E-state index in [0.717, 1.165) is 10.9 Å². The lowest BCUT2D eigenvalue weighted by molar-refractivity contribution is -0.145. The number of thiophene rings is 1. The van der Waals surface area contributed by atoms with Gasteiger partial charge in [-0.3, -0.25) is 0 Å². The maximum atomic E-state index is 12.4. The number of nitrogens with zero attached hydrogens (tertiary/aromatic N) is 2. The van der Waals surface area contributed by atoms with Gasteiger partial charge >= 0.3 is 6.18 Å². The van der Waals surface area contributed by atoms with Crippen LogP contribution < -0.4 is 4.74 Å². The summed E-state index contributed by atoms with van der Waals surface area (Å²) in [5, 5.41) is 1.53. The molecule has 2 rings (SSSR count). The predicted octanol–water partition coefficient (Wildman–Crippen LogP) is 3.79. The molecular weight excluding hydrogens is 289 g/mol. The zero-order valence-corrected chi connectivity index (χ0v) is 10.3. The van der Waals surface area contributed by atoms with E-state index in [1.54, 1.807) is 6.07 Å². The number of halogens is 4. The van der Waals surface area contributed by atoms with E-state index in [2.05, 4.69) is 9.97 Å². The van der Waals surface area contributed by atoms with Gasteiger partial charge in [0.15, 0.2) is 0 Å². The Labute approximate surface area is 109 Å². The van der Waals surface area contributed by atoms with E-state index in [-0.39, 0.29) is 17.6 Å². The Balaban J connectivity index is 2.15. The molecule has 2 aromatic heterocycles. The van der Waals surface area contributed by atoms with Gasteiger partial charge in [0.05, 0.1) is 0 Å². The van der Waals surface area contributed by atoms with E-state index < -0.39 is 12.0 Å². The third-order valence-corrected chi connectivity index (χ3v) is 2.91. The SMILES string of the molecule is FC(F)(F)c1nc(Cl)cc(OCc2cccs2)n1. The zero-order valence-electron chi connectivity index (χ0n) is 8.74. The average molecular weight is 295 g/mol. The monoisotopic (exact) mass is 294 g/mol. The molecule has 18 heavy (non-hydrogen) atoms. The second kappa shape index (κ2) is 5.11. The molecule has 0 aliphatic carbocycles. The van der Waals surface area contributed by atoms with Gasteiger partial charge in [0.1, 0.15) is 11.8 Å². The van der Waals surface area contributed by atoms with Gasteiger partial charge in [-0.2, -0.15) is 18.2 Å². The van der Waals surface area contributed by atoms with Crippen LogP contribution in [0.3, 0.4) is 0 Å². The molecule has 0 amide bonds. The fourth-order valence-corrected chi connectivity index (χ4v) is 1.93. The van der Waals surface area contributed by atoms with Crippen LogP contribution in [0.5, 0.6) is 5.88 Å². The van der Waals surface area contributed by atoms with Crippen molar-refractivity contribution in [3.05, 3.63) is 39.4 Å². The van der Waals surface area contributed by atoms with Crippen molar-refractivity contribution in [1.29, 1.82) is 0 Å². The first kappa shape index (κ1) is 13.1. The van der Waals surface area contributed by atoms with E-state index in [1.807, 2.05) is 11.4 Å². The number of ether oxygens (including phenoxy) is 1. The highest BCUT2D eigenvalue weighted by Crippen LogP contribution is 2.29. The molecular formula is C10H6ClF3N2OS. The van der Waals surface area contributed by atoms with E-state index in [1.165, 1.54) is 11.3 Å². The van der Waals surface area contributed by atoms with Gasteiger partial charge in [-0.25, -0.2) is 4.98 Å². The van der Waals surface area contributed by atoms with Gasteiger partial charge in [0, 0.05) is 10.9 Å². The lowest BCUT2D eigenvalue weighted by Crippen LogP contribution is -2.12. The molecule has 8 heteroatoms. The quantitative estimate of drug-likeness (QED) is 0.808. The van der Waals surface area contributed by atoms with Crippen LogP contribution >= 0.6 is 22.9 Å². The Morgan fingerprint density at radius 2 is 2.11 bits per heavy atom. The molecule has 0 aromatic carbocycles. The molecule has 0 spiro atoms. The van der Waals surface area contributed by atoms with Crippen LogP contribution in [-0.4, -0.2) is 9.97 Å². The highest BCUT2D eigenvalue weighted by Gasteiger charge is 2.35. The normalized spacial score (nSPS) is 11.6. The molecule has 0 saturated heterocycles. The highest BCUT2D eigenvalue weighted by molar-refractivity contribution is 7.09. The minimum absolute atomic E-state index is 0.141. The Morgan fingerprint density at radius 1 is 1.33 bits per heavy atom. The fraction of sp³-hybridized carbons (Fsp3) is 0.200. The lowest BCUT2D eigenvalue weighted by Gasteiger charge is -2.08. The highest BCUT2D eigenvalue weighted by atomic mass is 35.5. The number of aromatic nitrogens is 2. The first-order valence-electron chi connectivity index (χ1n) is 4.72. The summed E-state index contributed by atoms with van der Waals surface area (Å²) in [5.41, 5.74) is 0. The van der Waals surface area contributed by atoms with Crippen molar-refractivity contribution in [1.82, 2.24) is 9.97 Å². The minimum atomic E-state index is -4.65. The van der Waals surface area contributed by atoms with E-state index in [0.29, 0.717) is 0 Å². The first-order valence-corrected chi connectivity index (χ1v) is 5.98. The molecule has 3 nitrogen and oxygen atoms in total. The van der Waals surface area contributed by atoms with Gasteiger partial charge in [0.2, 0.25) is 11.7 Å². The Kier molecular flexibility index (Phi) is 3.72. The van der Waals surface area contributed by atoms with Crippen molar-refractivity contribution in [2.75, 3.05) is 0 Å².